The first-order valence-electron chi connectivity index (χ1n) is 10.2. The second kappa shape index (κ2) is 9.98. The minimum absolute atomic E-state index is 0.199. The molecule has 1 aromatic heterocycles. The molecule has 1 unspecified atom stereocenters. The average molecular weight is 418 g/mol. The van der Waals surface area contributed by atoms with Crippen molar-refractivity contribution in [3.63, 3.8) is 0 Å². The van der Waals surface area contributed by atoms with Gasteiger partial charge >= 0.3 is 0 Å². The molecule has 1 saturated heterocycles. The first kappa shape index (κ1) is 21.5. The number of rotatable bonds is 6. The van der Waals surface area contributed by atoms with Gasteiger partial charge in [0.15, 0.2) is 5.96 Å². The summed E-state index contributed by atoms with van der Waals surface area (Å²) in [6, 6.07) is 8.28. The van der Waals surface area contributed by atoms with E-state index in [1.807, 2.05) is 36.1 Å². The minimum atomic E-state index is 0.199. The fourth-order valence-corrected chi connectivity index (χ4v) is 3.81. The molecule has 0 saturated carbocycles. The van der Waals surface area contributed by atoms with Gasteiger partial charge in [0.1, 0.15) is 0 Å². The van der Waals surface area contributed by atoms with Crippen molar-refractivity contribution >= 4 is 23.2 Å². The Morgan fingerprint density at radius 1 is 1.28 bits per heavy atom. The predicted molar refractivity (Wildman–Crippen MR) is 121 cm³/mol. The van der Waals surface area contributed by atoms with E-state index in [1.54, 1.807) is 0 Å². The van der Waals surface area contributed by atoms with Gasteiger partial charge in [-0.2, -0.15) is 5.10 Å². The number of guanidine groups is 1. The number of hydrogen-bond donors (Lipinski definition) is 1. The molecule has 0 spiro atoms. The monoisotopic (exact) mass is 417 g/mol. The summed E-state index contributed by atoms with van der Waals surface area (Å²) in [4.78, 5) is 11.9. The second-order valence-electron chi connectivity index (χ2n) is 7.58. The molecule has 2 aromatic rings. The molecular formula is C21H32ClN7. The van der Waals surface area contributed by atoms with Gasteiger partial charge < -0.3 is 20.0 Å². The molecule has 0 aliphatic carbocycles. The standard InChI is InChI=1S/C21H32ClN7/c1-5-23-21(24-15-20(26(2)3)17-14-25-27(4)16-17)29-11-9-28(10-12-29)19-8-6-7-18(22)13-19/h6-8,13-14,16,20H,5,9-12,15H2,1-4H3,(H,23,24). The number of aryl methyl sites for hydroxylation is 1. The molecule has 158 valence electrons. The van der Waals surface area contributed by atoms with Crippen molar-refractivity contribution in [1.29, 1.82) is 0 Å². The third-order valence-corrected chi connectivity index (χ3v) is 5.47. The average Bonchev–Trinajstić information content (AvgIpc) is 3.13. The highest BCUT2D eigenvalue weighted by atomic mass is 35.5. The van der Waals surface area contributed by atoms with E-state index < -0.39 is 0 Å². The third-order valence-electron chi connectivity index (χ3n) is 5.23. The lowest BCUT2D eigenvalue weighted by molar-refractivity contribution is 0.303. The largest absolute Gasteiger partial charge is 0.368 e. The Bertz CT molecular complexity index is 809. The summed E-state index contributed by atoms with van der Waals surface area (Å²) >= 11 is 6.16. The van der Waals surface area contributed by atoms with Crippen LogP contribution >= 0.6 is 11.6 Å². The Balaban J connectivity index is 1.66. The van der Waals surface area contributed by atoms with E-state index in [-0.39, 0.29) is 6.04 Å². The van der Waals surface area contributed by atoms with Gasteiger partial charge in [-0.25, -0.2) is 0 Å². The molecule has 1 atom stereocenters. The summed E-state index contributed by atoms with van der Waals surface area (Å²) in [6.45, 7) is 7.41. The zero-order valence-electron chi connectivity index (χ0n) is 17.8. The third kappa shape index (κ3) is 5.64. The maximum Gasteiger partial charge on any atom is 0.194 e. The van der Waals surface area contributed by atoms with E-state index in [0.717, 1.165) is 43.7 Å². The topological polar surface area (TPSA) is 51.9 Å². The molecule has 1 fully saturated rings. The van der Waals surface area contributed by atoms with E-state index in [2.05, 4.69) is 58.4 Å². The number of aromatic nitrogens is 2. The van der Waals surface area contributed by atoms with Crippen LogP contribution in [0.1, 0.15) is 18.5 Å². The van der Waals surface area contributed by atoms with Gasteiger partial charge in [0.2, 0.25) is 0 Å². The number of nitrogens with one attached hydrogen (secondary N) is 1. The Morgan fingerprint density at radius 3 is 2.62 bits per heavy atom. The van der Waals surface area contributed by atoms with Crippen molar-refractivity contribution < 1.29 is 0 Å². The van der Waals surface area contributed by atoms with Gasteiger partial charge in [0.05, 0.1) is 18.8 Å². The van der Waals surface area contributed by atoms with Crippen molar-refractivity contribution in [2.75, 3.05) is 58.3 Å². The quantitative estimate of drug-likeness (QED) is 0.578. The molecule has 8 heteroatoms. The van der Waals surface area contributed by atoms with Crippen LogP contribution in [0, 0.1) is 0 Å². The summed E-state index contributed by atoms with van der Waals surface area (Å²) in [6.07, 6.45) is 3.99. The first-order valence-corrected chi connectivity index (χ1v) is 10.5. The fraction of sp³-hybridized carbons (Fsp3) is 0.524. The zero-order chi connectivity index (χ0) is 20.8. The molecule has 1 aliphatic heterocycles. The Morgan fingerprint density at radius 2 is 2.03 bits per heavy atom. The minimum Gasteiger partial charge on any atom is -0.368 e. The smallest absolute Gasteiger partial charge is 0.194 e. The molecule has 0 bridgehead atoms. The predicted octanol–water partition coefficient (Wildman–Crippen LogP) is 2.46. The van der Waals surface area contributed by atoms with Crippen LogP contribution in [0.5, 0.6) is 0 Å². The molecule has 0 radical (unpaired) electrons. The van der Waals surface area contributed by atoms with Crippen molar-refractivity contribution in [3.05, 3.63) is 47.2 Å². The van der Waals surface area contributed by atoms with E-state index >= 15 is 0 Å². The van der Waals surface area contributed by atoms with Crippen LogP contribution < -0.4 is 10.2 Å². The summed E-state index contributed by atoms with van der Waals surface area (Å²) in [5.74, 6) is 0.981. The van der Waals surface area contributed by atoms with Crippen LogP contribution in [0.2, 0.25) is 5.02 Å². The lowest BCUT2D eigenvalue weighted by Crippen LogP contribution is -2.52. The number of anilines is 1. The van der Waals surface area contributed by atoms with E-state index in [0.29, 0.717) is 6.54 Å². The van der Waals surface area contributed by atoms with Gasteiger partial charge in [-0.3, -0.25) is 9.67 Å². The number of benzene rings is 1. The van der Waals surface area contributed by atoms with Crippen molar-refractivity contribution in [2.24, 2.45) is 12.0 Å². The van der Waals surface area contributed by atoms with Crippen LogP contribution in [0.4, 0.5) is 5.69 Å². The van der Waals surface area contributed by atoms with Gasteiger partial charge in [0, 0.05) is 62.2 Å². The zero-order valence-corrected chi connectivity index (χ0v) is 18.6. The second-order valence-corrected chi connectivity index (χ2v) is 8.01. The molecule has 7 nitrogen and oxygen atoms in total. The number of halogens is 1. The summed E-state index contributed by atoms with van der Waals surface area (Å²) in [5, 5.41) is 8.56. The molecule has 2 heterocycles. The summed E-state index contributed by atoms with van der Waals surface area (Å²) in [5.41, 5.74) is 2.37. The van der Waals surface area contributed by atoms with Gasteiger partial charge in [-0.05, 0) is 39.2 Å². The molecule has 1 aliphatic rings. The SMILES string of the molecule is CCNC(=NCC(c1cnn(C)c1)N(C)C)N1CCN(c2cccc(Cl)c2)CC1. The molecule has 3 rings (SSSR count). The number of likely N-dealkylation sites (N-methyl/N-ethyl adjacent to an activating group) is 1. The Hall–Kier alpha value is -2.25. The van der Waals surface area contributed by atoms with Gasteiger partial charge in [0.25, 0.3) is 0 Å². The highest BCUT2D eigenvalue weighted by Gasteiger charge is 2.21. The highest BCUT2D eigenvalue weighted by molar-refractivity contribution is 6.30. The maximum atomic E-state index is 6.16. The lowest BCUT2D eigenvalue weighted by atomic mass is 10.1. The maximum absolute atomic E-state index is 6.16. The van der Waals surface area contributed by atoms with Gasteiger partial charge in [-0.15, -0.1) is 0 Å². The first-order chi connectivity index (χ1) is 14.0. The van der Waals surface area contributed by atoms with E-state index in [9.17, 15) is 0 Å². The summed E-state index contributed by atoms with van der Waals surface area (Å²) < 4.78 is 1.84. The molecular weight excluding hydrogens is 386 g/mol. The Labute approximate surface area is 178 Å². The molecule has 29 heavy (non-hydrogen) atoms. The van der Waals surface area contributed by atoms with Crippen LogP contribution in [-0.2, 0) is 7.05 Å². The van der Waals surface area contributed by atoms with Crippen LogP contribution in [0.15, 0.2) is 41.7 Å². The van der Waals surface area contributed by atoms with Crippen LogP contribution in [0.25, 0.3) is 0 Å². The van der Waals surface area contributed by atoms with Gasteiger partial charge in [-0.1, -0.05) is 17.7 Å². The molecule has 1 aromatic carbocycles. The molecule has 1 N–H and O–H groups in total. The normalized spacial score (nSPS) is 16.4. The molecule has 0 amide bonds. The van der Waals surface area contributed by atoms with Crippen molar-refractivity contribution in [3.8, 4) is 0 Å². The van der Waals surface area contributed by atoms with E-state index in [1.165, 1.54) is 11.3 Å². The highest BCUT2D eigenvalue weighted by Crippen LogP contribution is 2.21. The van der Waals surface area contributed by atoms with Crippen LogP contribution in [-0.4, -0.2) is 78.9 Å². The Kier molecular flexibility index (Phi) is 7.39. The number of piperazine rings is 1. The summed E-state index contributed by atoms with van der Waals surface area (Å²) in [7, 11) is 6.12. The van der Waals surface area contributed by atoms with Crippen molar-refractivity contribution in [2.45, 2.75) is 13.0 Å². The number of hydrogen-bond acceptors (Lipinski definition) is 4. The van der Waals surface area contributed by atoms with E-state index in [4.69, 9.17) is 16.6 Å². The fourth-order valence-electron chi connectivity index (χ4n) is 3.63. The van der Waals surface area contributed by atoms with Crippen molar-refractivity contribution in [1.82, 2.24) is 24.9 Å². The lowest BCUT2D eigenvalue weighted by Gasteiger charge is -2.38. The number of aliphatic imine (C=N–C) groups is 1. The van der Waals surface area contributed by atoms with Crippen LogP contribution in [0.3, 0.4) is 0 Å². The number of nitrogens with zero attached hydrogens (tertiary/aromatic N) is 6.